The monoisotopic (exact) mass is 330 g/mol. The Labute approximate surface area is 145 Å². The van der Waals surface area contributed by atoms with E-state index in [1.807, 2.05) is 20.8 Å². The lowest BCUT2D eigenvalue weighted by atomic mass is 9.99. The second-order valence-electron chi connectivity index (χ2n) is 6.64. The molecule has 0 saturated carbocycles. The first kappa shape index (κ1) is 20.0. The SMILES string of the molecule is CCCCCc1cc(O)c(C(=O)/C=C(\C)CCC=C(C)C)c(O)c1. The fourth-order valence-corrected chi connectivity index (χ4v) is 2.60. The molecule has 0 aromatic heterocycles. The van der Waals surface area contributed by atoms with Gasteiger partial charge in [0.25, 0.3) is 0 Å². The van der Waals surface area contributed by atoms with Gasteiger partial charge in [0.2, 0.25) is 0 Å². The van der Waals surface area contributed by atoms with Gasteiger partial charge in [-0.1, -0.05) is 37.0 Å². The highest BCUT2D eigenvalue weighted by Crippen LogP contribution is 2.30. The van der Waals surface area contributed by atoms with E-state index < -0.39 is 0 Å². The van der Waals surface area contributed by atoms with Gasteiger partial charge in [0, 0.05) is 0 Å². The Hall–Kier alpha value is -2.03. The molecular weight excluding hydrogens is 300 g/mol. The summed E-state index contributed by atoms with van der Waals surface area (Å²) in [6.45, 7) is 8.11. The summed E-state index contributed by atoms with van der Waals surface area (Å²) in [5.74, 6) is -0.625. The number of carbonyl (C=O) groups excluding carboxylic acids is 1. The fraction of sp³-hybridized carbons (Fsp3) is 0.476. The first-order valence-corrected chi connectivity index (χ1v) is 8.74. The number of phenols is 2. The smallest absolute Gasteiger partial charge is 0.193 e. The molecule has 0 aliphatic heterocycles. The van der Waals surface area contributed by atoms with Gasteiger partial charge in [-0.25, -0.2) is 0 Å². The van der Waals surface area contributed by atoms with Crippen LogP contribution in [0.15, 0.2) is 35.4 Å². The molecule has 1 aromatic rings. The molecule has 0 aliphatic rings. The van der Waals surface area contributed by atoms with Gasteiger partial charge in [0.05, 0.1) is 0 Å². The van der Waals surface area contributed by atoms with Gasteiger partial charge in [-0.3, -0.25) is 4.79 Å². The number of hydrogen-bond acceptors (Lipinski definition) is 3. The first-order chi connectivity index (χ1) is 11.3. The molecule has 0 amide bonds. The maximum Gasteiger partial charge on any atom is 0.193 e. The molecule has 132 valence electrons. The summed E-state index contributed by atoms with van der Waals surface area (Å²) < 4.78 is 0. The van der Waals surface area contributed by atoms with Crippen LogP contribution in [0, 0.1) is 0 Å². The molecular formula is C21H30O3. The molecule has 0 fully saturated rings. The number of aromatic hydroxyl groups is 2. The Morgan fingerprint density at radius 3 is 2.25 bits per heavy atom. The number of rotatable bonds is 9. The first-order valence-electron chi connectivity index (χ1n) is 8.74. The van der Waals surface area contributed by atoms with Gasteiger partial charge >= 0.3 is 0 Å². The van der Waals surface area contributed by atoms with Gasteiger partial charge < -0.3 is 10.2 Å². The Kier molecular flexibility index (Phi) is 8.31. The van der Waals surface area contributed by atoms with Crippen LogP contribution in [0.4, 0.5) is 0 Å². The molecule has 0 radical (unpaired) electrons. The number of allylic oxidation sites excluding steroid dienone is 4. The molecule has 3 nitrogen and oxygen atoms in total. The van der Waals surface area contributed by atoms with Crippen LogP contribution < -0.4 is 0 Å². The predicted molar refractivity (Wildman–Crippen MR) is 99.8 cm³/mol. The quantitative estimate of drug-likeness (QED) is 0.264. The Bertz CT molecular complexity index is 597. The minimum absolute atomic E-state index is 0.00388. The maximum absolute atomic E-state index is 12.4. The van der Waals surface area contributed by atoms with Gasteiger partial charge in [-0.15, -0.1) is 0 Å². The van der Waals surface area contributed by atoms with Crippen molar-refractivity contribution in [2.24, 2.45) is 0 Å². The third kappa shape index (κ3) is 6.61. The molecule has 0 aliphatic carbocycles. The highest BCUT2D eigenvalue weighted by atomic mass is 16.3. The predicted octanol–water partition coefficient (Wildman–Crippen LogP) is 5.71. The van der Waals surface area contributed by atoms with Crippen LogP contribution in [0.2, 0.25) is 0 Å². The lowest BCUT2D eigenvalue weighted by Gasteiger charge is -2.09. The van der Waals surface area contributed by atoms with Crippen LogP contribution in [-0.4, -0.2) is 16.0 Å². The lowest BCUT2D eigenvalue weighted by Crippen LogP contribution is -1.99. The van der Waals surface area contributed by atoms with E-state index in [2.05, 4.69) is 13.0 Å². The topological polar surface area (TPSA) is 57.5 Å². The summed E-state index contributed by atoms with van der Waals surface area (Å²) in [7, 11) is 0. The number of unbranched alkanes of at least 4 members (excludes halogenated alkanes) is 2. The van der Waals surface area contributed by atoms with Crippen molar-refractivity contribution in [3.05, 3.63) is 46.6 Å². The largest absolute Gasteiger partial charge is 0.507 e. The van der Waals surface area contributed by atoms with Crippen LogP contribution in [0.5, 0.6) is 11.5 Å². The standard InChI is InChI=1S/C21H30O3/c1-5-6-7-11-17-13-19(23)21(20(24)14-17)18(22)12-16(4)10-8-9-15(2)3/h9,12-14,23-24H,5-8,10-11H2,1-4H3/b16-12+. The minimum atomic E-state index is -0.347. The summed E-state index contributed by atoms with van der Waals surface area (Å²) in [6, 6.07) is 3.18. The van der Waals surface area contributed by atoms with E-state index in [9.17, 15) is 15.0 Å². The summed E-state index contributed by atoms with van der Waals surface area (Å²) in [6.07, 6.45) is 9.32. The van der Waals surface area contributed by atoms with Crippen LogP contribution >= 0.6 is 0 Å². The van der Waals surface area contributed by atoms with Crippen molar-refractivity contribution in [3.8, 4) is 11.5 Å². The average molecular weight is 330 g/mol. The van der Waals surface area contributed by atoms with Gasteiger partial charge in [-0.05, 0) is 70.2 Å². The zero-order valence-electron chi connectivity index (χ0n) is 15.4. The van der Waals surface area contributed by atoms with E-state index in [4.69, 9.17) is 0 Å². The molecule has 1 rings (SSSR count). The number of carbonyl (C=O) groups is 1. The van der Waals surface area contributed by atoms with E-state index in [0.29, 0.717) is 0 Å². The molecule has 3 heteroatoms. The molecule has 0 unspecified atom stereocenters. The molecule has 0 heterocycles. The van der Waals surface area contributed by atoms with E-state index in [1.54, 1.807) is 12.1 Å². The molecule has 2 N–H and O–H groups in total. The molecule has 0 atom stereocenters. The van der Waals surface area contributed by atoms with Crippen LogP contribution in [0.25, 0.3) is 0 Å². The highest BCUT2D eigenvalue weighted by molar-refractivity contribution is 6.08. The number of ketones is 1. The third-order valence-corrected chi connectivity index (χ3v) is 3.94. The van der Waals surface area contributed by atoms with Crippen molar-refractivity contribution >= 4 is 5.78 Å². The summed E-state index contributed by atoms with van der Waals surface area (Å²) >= 11 is 0. The molecule has 0 bridgehead atoms. The van der Waals surface area contributed by atoms with Crippen molar-refractivity contribution in [2.45, 2.75) is 66.2 Å². The van der Waals surface area contributed by atoms with E-state index in [0.717, 1.165) is 49.7 Å². The van der Waals surface area contributed by atoms with Gasteiger partial charge in [0.1, 0.15) is 17.1 Å². The Balaban J connectivity index is 2.85. The van der Waals surface area contributed by atoms with E-state index in [1.165, 1.54) is 11.6 Å². The number of benzene rings is 1. The number of hydrogen-bond donors (Lipinski definition) is 2. The summed E-state index contributed by atoms with van der Waals surface area (Å²) in [5, 5.41) is 20.3. The average Bonchev–Trinajstić information content (AvgIpc) is 2.46. The Morgan fingerprint density at radius 1 is 1.08 bits per heavy atom. The van der Waals surface area contributed by atoms with Crippen LogP contribution in [-0.2, 0) is 6.42 Å². The van der Waals surface area contributed by atoms with Crippen LogP contribution in [0.3, 0.4) is 0 Å². The van der Waals surface area contributed by atoms with Crippen molar-refractivity contribution in [1.82, 2.24) is 0 Å². The van der Waals surface area contributed by atoms with Gasteiger partial charge in [-0.2, -0.15) is 0 Å². The normalized spacial score (nSPS) is 11.4. The van der Waals surface area contributed by atoms with E-state index in [-0.39, 0.29) is 22.8 Å². The van der Waals surface area contributed by atoms with Crippen molar-refractivity contribution in [1.29, 1.82) is 0 Å². The van der Waals surface area contributed by atoms with Crippen molar-refractivity contribution in [3.63, 3.8) is 0 Å². The molecule has 0 saturated heterocycles. The zero-order valence-corrected chi connectivity index (χ0v) is 15.4. The number of phenolic OH excluding ortho intramolecular Hbond substituents is 2. The molecule has 1 aromatic carbocycles. The fourth-order valence-electron chi connectivity index (χ4n) is 2.60. The maximum atomic E-state index is 12.4. The minimum Gasteiger partial charge on any atom is -0.507 e. The summed E-state index contributed by atoms with van der Waals surface area (Å²) in [4.78, 5) is 12.4. The Morgan fingerprint density at radius 2 is 1.71 bits per heavy atom. The van der Waals surface area contributed by atoms with Crippen molar-refractivity contribution in [2.75, 3.05) is 0 Å². The lowest BCUT2D eigenvalue weighted by molar-refractivity contribution is 0.104. The number of aryl methyl sites for hydroxylation is 1. The van der Waals surface area contributed by atoms with E-state index >= 15 is 0 Å². The second-order valence-corrected chi connectivity index (χ2v) is 6.64. The summed E-state index contributed by atoms with van der Waals surface area (Å²) in [5.41, 5.74) is 3.04. The second kappa shape index (κ2) is 9.96. The highest BCUT2D eigenvalue weighted by Gasteiger charge is 2.16. The van der Waals surface area contributed by atoms with Crippen LogP contribution in [0.1, 0.15) is 75.7 Å². The third-order valence-electron chi connectivity index (χ3n) is 3.94. The molecule has 24 heavy (non-hydrogen) atoms. The van der Waals surface area contributed by atoms with Gasteiger partial charge in [0.15, 0.2) is 5.78 Å². The zero-order chi connectivity index (χ0) is 18.1. The molecule has 0 spiro atoms. The van der Waals surface area contributed by atoms with Crippen molar-refractivity contribution < 1.29 is 15.0 Å².